The molecule has 3 amide bonds. The number of urea groups is 1. The zero-order chi connectivity index (χ0) is 27.4. The summed E-state index contributed by atoms with van der Waals surface area (Å²) in [7, 11) is 0. The van der Waals surface area contributed by atoms with E-state index in [2.05, 4.69) is 15.2 Å². The molecule has 0 unspecified atom stereocenters. The third kappa shape index (κ3) is 6.58. The molecule has 1 aromatic carbocycles. The molecule has 38 heavy (non-hydrogen) atoms. The van der Waals surface area contributed by atoms with E-state index in [1.54, 1.807) is 35.9 Å². The van der Waals surface area contributed by atoms with Gasteiger partial charge in [-0.05, 0) is 70.0 Å². The number of aromatic nitrogens is 2. The molecule has 0 aliphatic carbocycles. The first-order valence-corrected chi connectivity index (χ1v) is 13.4. The van der Waals surface area contributed by atoms with Gasteiger partial charge in [-0.15, -0.1) is 0 Å². The van der Waals surface area contributed by atoms with Crippen LogP contribution in [-0.4, -0.2) is 86.5 Å². The SMILES string of the molecule is CC[C@@H]1CN(C(=O)Nc2ccn(-c3ccc(CN4CCC(N)CC4)cc3)c(=O)n2)CCN1C(=O)C(C)(C)N. The van der Waals surface area contributed by atoms with Crippen LogP contribution in [0.4, 0.5) is 10.6 Å². The van der Waals surface area contributed by atoms with E-state index < -0.39 is 11.2 Å². The molecule has 0 saturated carbocycles. The first-order valence-electron chi connectivity index (χ1n) is 13.4. The molecule has 0 spiro atoms. The Kier molecular flexibility index (Phi) is 8.49. The zero-order valence-electron chi connectivity index (χ0n) is 22.6. The number of likely N-dealkylation sites (tertiary alicyclic amines) is 1. The maximum absolute atomic E-state index is 12.9. The first kappa shape index (κ1) is 27.7. The summed E-state index contributed by atoms with van der Waals surface area (Å²) in [5.74, 6) is 0.0600. The van der Waals surface area contributed by atoms with Gasteiger partial charge in [0.1, 0.15) is 5.82 Å². The molecule has 2 fully saturated rings. The van der Waals surface area contributed by atoms with Gasteiger partial charge in [-0.25, -0.2) is 9.59 Å². The van der Waals surface area contributed by atoms with Crippen LogP contribution in [0, 0.1) is 0 Å². The summed E-state index contributed by atoms with van der Waals surface area (Å²) in [5, 5.41) is 2.73. The van der Waals surface area contributed by atoms with Crippen molar-refractivity contribution in [2.45, 2.75) is 64.2 Å². The highest BCUT2D eigenvalue weighted by Crippen LogP contribution is 2.18. The topological polar surface area (TPSA) is 143 Å². The lowest BCUT2D eigenvalue weighted by molar-refractivity contribution is -0.140. The highest BCUT2D eigenvalue weighted by molar-refractivity contribution is 5.89. The number of carbonyl (C=O) groups is 2. The minimum Gasteiger partial charge on any atom is -0.335 e. The highest BCUT2D eigenvalue weighted by atomic mass is 16.2. The maximum Gasteiger partial charge on any atom is 0.354 e. The van der Waals surface area contributed by atoms with Gasteiger partial charge in [0.05, 0.1) is 11.2 Å². The summed E-state index contributed by atoms with van der Waals surface area (Å²) in [4.78, 5) is 48.2. The van der Waals surface area contributed by atoms with Crippen molar-refractivity contribution < 1.29 is 9.59 Å². The average molecular weight is 525 g/mol. The Morgan fingerprint density at radius 3 is 2.37 bits per heavy atom. The molecule has 3 heterocycles. The monoisotopic (exact) mass is 524 g/mol. The smallest absolute Gasteiger partial charge is 0.335 e. The average Bonchev–Trinajstić information content (AvgIpc) is 2.89. The summed E-state index contributed by atoms with van der Waals surface area (Å²) in [6, 6.07) is 9.29. The van der Waals surface area contributed by atoms with Gasteiger partial charge in [0.25, 0.3) is 0 Å². The van der Waals surface area contributed by atoms with Gasteiger partial charge < -0.3 is 21.3 Å². The number of piperidine rings is 1. The summed E-state index contributed by atoms with van der Waals surface area (Å²) >= 11 is 0. The number of nitrogens with zero attached hydrogens (tertiary/aromatic N) is 5. The Hall–Kier alpha value is -3.28. The van der Waals surface area contributed by atoms with E-state index >= 15 is 0 Å². The number of amides is 3. The van der Waals surface area contributed by atoms with Crippen molar-refractivity contribution >= 4 is 17.8 Å². The molecule has 2 aliphatic rings. The van der Waals surface area contributed by atoms with Crippen molar-refractivity contribution in [2.75, 3.05) is 38.0 Å². The van der Waals surface area contributed by atoms with E-state index in [1.165, 1.54) is 10.1 Å². The number of hydrogen-bond donors (Lipinski definition) is 3. The van der Waals surface area contributed by atoms with E-state index in [1.807, 2.05) is 31.2 Å². The molecule has 2 aliphatic heterocycles. The Labute approximate surface area is 223 Å². The van der Waals surface area contributed by atoms with Gasteiger partial charge in [0, 0.05) is 44.5 Å². The standard InChI is InChI=1S/C27H40N8O3/c1-4-21-18-33(15-16-34(21)24(36)27(2,3)29)25(37)30-23-11-14-35(26(38)31-23)22-7-5-19(6-8-22)17-32-12-9-20(28)10-13-32/h5-8,11,14,20-21H,4,9-10,12-13,15-18,28-29H2,1-3H3,(H,30,31,37,38)/t21-/m1/s1. The van der Waals surface area contributed by atoms with Crippen LogP contribution < -0.4 is 22.5 Å². The Morgan fingerprint density at radius 1 is 1.08 bits per heavy atom. The molecule has 2 aromatic rings. The lowest BCUT2D eigenvalue weighted by Crippen LogP contribution is -2.62. The first-order chi connectivity index (χ1) is 18.0. The summed E-state index contributed by atoms with van der Waals surface area (Å²) < 4.78 is 1.45. The van der Waals surface area contributed by atoms with Crippen LogP contribution in [0.15, 0.2) is 41.3 Å². The molecule has 11 heteroatoms. The largest absolute Gasteiger partial charge is 0.354 e. The van der Waals surface area contributed by atoms with Crippen molar-refractivity contribution in [1.29, 1.82) is 0 Å². The molecular formula is C27H40N8O3. The van der Waals surface area contributed by atoms with Crippen LogP contribution in [0.25, 0.3) is 5.69 Å². The van der Waals surface area contributed by atoms with Crippen LogP contribution in [0.5, 0.6) is 0 Å². The van der Waals surface area contributed by atoms with Crippen LogP contribution >= 0.6 is 0 Å². The van der Waals surface area contributed by atoms with E-state index in [-0.39, 0.29) is 23.8 Å². The third-order valence-electron chi connectivity index (χ3n) is 7.34. The number of benzene rings is 1. The van der Waals surface area contributed by atoms with Gasteiger partial charge in [-0.2, -0.15) is 4.98 Å². The van der Waals surface area contributed by atoms with Gasteiger partial charge in [0.2, 0.25) is 5.91 Å². The van der Waals surface area contributed by atoms with Crippen LogP contribution in [0.2, 0.25) is 0 Å². The second-order valence-electron chi connectivity index (χ2n) is 10.9. The van der Waals surface area contributed by atoms with Crippen molar-refractivity contribution in [1.82, 2.24) is 24.3 Å². The molecule has 5 N–H and O–H groups in total. The number of nitrogens with two attached hydrogens (primary N) is 2. The van der Waals surface area contributed by atoms with Crippen molar-refractivity contribution in [3.63, 3.8) is 0 Å². The maximum atomic E-state index is 12.9. The molecule has 206 valence electrons. The van der Waals surface area contributed by atoms with Gasteiger partial charge >= 0.3 is 11.7 Å². The third-order valence-corrected chi connectivity index (χ3v) is 7.34. The molecule has 11 nitrogen and oxygen atoms in total. The fourth-order valence-corrected chi connectivity index (χ4v) is 5.02. The molecule has 4 rings (SSSR count). The molecule has 2 saturated heterocycles. The fraction of sp³-hybridized carbons (Fsp3) is 0.556. The summed E-state index contributed by atoms with van der Waals surface area (Å²) in [6.45, 7) is 9.38. The van der Waals surface area contributed by atoms with Crippen molar-refractivity contribution in [2.24, 2.45) is 11.5 Å². The molecule has 0 radical (unpaired) electrons. The van der Waals surface area contributed by atoms with E-state index in [0.717, 1.165) is 32.5 Å². The van der Waals surface area contributed by atoms with Crippen LogP contribution in [0.1, 0.15) is 45.6 Å². The Morgan fingerprint density at radius 2 is 1.76 bits per heavy atom. The predicted octanol–water partition coefficient (Wildman–Crippen LogP) is 1.35. The number of rotatable bonds is 6. The van der Waals surface area contributed by atoms with Crippen LogP contribution in [-0.2, 0) is 11.3 Å². The van der Waals surface area contributed by atoms with Gasteiger partial charge in [0.15, 0.2) is 0 Å². The zero-order valence-corrected chi connectivity index (χ0v) is 22.6. The van der Waals surface area contributed by atoms with E-state index in [0.29, 0.717) is 37.8 Å². The summed E-state index contributed by atoms with van der Waals surface area (Å²) in [5.41, 5.74) is 12.4. The number of piperazine rings is 1. The second-order valence-corrected chi connectivity index (χ2v) is 10.9. The second kappa shape index (κ2) is 11.6. The van der Waals surface area contributed by atoms with E-state index in [9.17, 15) is 14.4 Å². The lowest BCUT2D eigenvalue weighted by Gasteiger charge is -2.43. The van der Waals surface area contributed by atoms with Crippen molar-refractivity contribution in [3.8, 4) is 5.69 Å². The molecule has 1 aromatic heterocycles. The highest BCUT2D eigenvalue weighted by Gasteiger charge is 2.36. The number of hydrogen-bond acceptors (Lipinski definition) is 7. The normalized spacial score (nSPS) is 19.4. The minimum absolute atomic E-state index is 0.124. The fourth-order valence-electron chi connectivity index (χ4n) is 5.02. The summed E-state index contributed by atoms with van der Waals surface area (Å²) in [6.07, 6.45) is 4.35. The number of anilines is 1. The number of nitrogens with one attached hydrogen (secondary N) is 1. The quantitative estimate of drug-likeness (QED) is 0.518. The van der Waals surface area contributed by atoms with Crippen molar-refractivity contribution in [3.05, 3.63) is 52.6 Å². The number of carbonyl (C=O) groups excluding carboxylic acids is 2. The minimum atomic E-state index is -0.964. The van der Waals surface area contributed by atoms with E-state index in [4.69, 9.17) is 11.5 Å². The van der Waals surface area contributed by atoms with Gasteiger partial charge in [-0.3, -0.25) is 19.6 Å². The molecule has 1 atom stereocenters. The Bertz CT molecular complexity index is 1180. The molecule has 0 bridgehead atoms. The predicted molar refractivity (Wildman–Crippen MR) is 147 cm³/mol. The van der Waals surface area contributed by atoms with Crippen LogP contribution in [0.3, 0.4) is 0 Å². The van der Waals surface area contributed by atoms with Gasteiger partial charge in [-0.1, -0.05) is 19.1 Å². The Balaban J connectivity index is 1.36. The lowest BCUT2D eigenvalue weighted by atomic mass is 10.0. The molecular weight excluding hydrogens is 484 g/mol.